The highest BCUT2D eigenvalue weighted by Gasteiger charge is 2.13. The molecular formula is C14H18O5. The molecule has 0 aliphatic rings. The number of aliphatic hydroxyl groups is 1. The van der Waals surface area contributed by atoms with Gasteiger partial charge in [0.1, 0.15) is 19.3 Å². The Bertz CT molecular complexity index is 402. The summed E-state index contributed by atoms with van der Waals surface area (Å²) in [5, 5.41) is 9.66. The van der Waals surface area contributed by atoms with Crippen LogP contribution < -0.4 is 14.2 Å². The summed E-state index contributed by atoms with van der Waals surface area (Å²) in [6, 6.07) is 5.29. The van der Waals surface area contributed by atoms with Crippen LogP contribution in [0.2, 0.25) is 0 Å². The fourth-order valence-electron chi connectivity index (χ4n) is 1.44. The molecule has 0 saturated carbocycles. The zero-order valence-corrected chi connectivity index (χ0v) is 11.1. The second kappa shape index (κ2) is 8.25. The van der Waals surface area contributed by atoms with Crippen LogP contribution in [0.4, 0.5) is 0 Å². The first-order valence-electron chi connectivity index (χ1n) is 5.76. The van der Waals surface area contributed by atoms with Gasteiger partial charge in [0, 0.05) is 0 Å². The molecule has 1 rings (SSSR count). The summed E-state index contributed by atoms with van der Waals surface area (Å²) in [5.41, 5.74) is 0. The third-order valence-electron chi connectivity index (χ3n) is 2.30. The Morgan fingerprint density at radius 1 is 1.21 bits per heavy atom. The van der Waals surface area contributed by atoms with E-state index in [1.165, 1.54) is 14.2 Å². The number of terminal acetylenes is 1. The summed E-state index contributed by atoms with van der Waals surface area (Å²) >= 11 is 0. The van der Waals surface area contributed by atoms with Crippen LogP contribution in [-0.4, -0.2) is 45.3 Å². The van der Waals surface area contributed by atoms with Crippen molar-refractivity contribution >= 4 is 0 Å². The van der Waals surface area contributed by atoms with Crippen LogP contribution in [-0.2, 0) is 4.74 Å². The van der Waals surface area contributed by atoms with Gasteiger partial charge in [-0.2, -0.15) is 0 Å². The molecule has 0 amide bonds. The quantitative estimate of drug-likeness (QED) is 0.564. The predicted octanol–water partition coefficient (Wildman–Crippen LogP) is 1.09. The summed E-state index contributed by atoms with van der Waals surface area (Å²) in [7, 11) is 3.07. The second-order valence-corrected chi connectivity index (χ2v) is 3.68. The minimum absolute atomic E-state index is 0.0568. The van der Waals surface area contributed by atoms with Gasteiger partial charge in [0.25, 0.3) is 0 Å². The lowest BCUT2D eigenvalue weighted by molar-refractivity contribution is 0.0218. The van der Waals surface area contributed by atoms with Crippen LogP contribution in [0, 0.1) is 12.3 Å². The Balaban J connectivity index is 2.59. The molecule has 0 bridgehead atoms. The van der Waals surface area contributed by atoms with Gasteiger partial charge in [-0.05, 0) is 12.1 Å². The molecule has 5 heteroatoms. The van der Waals surface area contributed by atoms with Crippen molar-refractivity contribution < 1.29 is 24.1 Å². The minimum atomic E-state index is -0.775. The fourth-order valence-corrected chi connectivity index (χ4v) is 1.44. The Labute approximate surface area is 113 Å². The van der Waals surface area contributed by atoms with E-state index in [1.54, 1.807) is 18.2 Å². The van der Waals surface area contributed by atoms with Gasteiger partial charge in [-0.3, -0.25) is 0 Å². The van der Waals surface area contributed by atoms with Gasteiger partial charge in [0.2, 0.25) is 5.75 Å². The Morgan fingerprint density at radius 3 is 2.37 bits per heavy atom. The van der Waals surface area contributed by atoms with Gasteiger partial charge in [0.05, 0.1) is 20.8 Å². The van der Waals surface area contributed by atoms with Crippen molar-refractivity contribution in [2.75, 3.05) is 34.0 Å². The Morgan fingerprint density at radius 2 is 1.84 bits per heavy atom. The molecule has 1 N–H and O–H groups in total. The average molecular weight is 266 g/mol. The molecule has 0 spiro atoms. The maximum absolute atomic E-state index is 9.66. The first-order valence-corrected chi connectivity index (χ1v) is 5.76. The molecule has 0 saturated heterocycles. The molecule has 104 valence electrons. The van der Waals surface area contributed by atoms with E-state index in [-0.39, 0.29) is 19.8 Å². The smallest absolute Gasteiger partial charge is 0.203 e. The SMILES string of the molecule is C#CCOCC(O)COc1c(OC)cccc1OC. The Hall–Kier alpha value is -1.90. The molecule has 1 unspecified atom stereocenters. The van der Waals surface area contributed by atoms with Gasteiger partial charge in [-0.1, -0.05) is 12.0 Å². The van der Waals surface area contributed by atoms with Crippen LogP contribution in [0.3, 0.4) is 0 Å². The predicted molar refractivity (Wildman–Crippen MR) is 70.7 cm³/mol. The molecule has 1 aromatic carbocycles. The van der Waals surface area contributed by atoms with E-state index < -0.39 is 6.10 Å². The number of para-hydroxylation sites is 1. The summed E-state index contributed by atoms with van der Waals surface area (Å²) in [5.74, 6) is 3.84. The maximum Gasteiger partial charge on any atom is 0.203 e. The molecule has 5 nitrogen and oxygen atoms in total. The monoisotopic (exact) mass is 266 g/mol. The number of aliphatic hydroxyl groups excluding tert-OH is 1. The molecule has 1 atom stereocenters. The average Bonchev–Trinajstić information content (AvgIpc) is 2.44. The molecule has 0 fully saturated rings. The zero-order chi connectivity index (χ0) is 14.1. The first kappa shape index (κ1) is 15.2. The lowest BCUT2D eigenvalue weighted by atomic mass is 10.3. The largest absolute Gasteiger partial charge is 0.493 e. The zero-order valence-electron chi connectivity index (χ0n) is 11.1. The number of rotatable bonds is 8. The van der Waals surface area contributed by atoms with Crippen molar-refractivity contribution in [2.24, 2.45) is 0 Å². The standard InChI is InChI=1S/C14H18O5/c1-4-8-18-9-11(15)10-19-14-12(16-2)6-5-7-13(14)17-3/h1,5-7,11,15H,8-10H2,2-3H3. The van der Waals surface area contributed by atoms with E-state index in [0.29, 0.717) is 17.2 Å². The van der Waals surface area contributed by atoms with Crippen LogP contribution in [0.5, 0.6) is 17.2 Å². The van der Waals surface area contributed by atoms with E-state index in [9.17, 15) is 5.11 Å². The van der Waals surface area contributed by atoms with E-state index in [0.717, 1.165) is 0 Å². The highest BCUT2D eigenvalue weighted by atomic mass is 16.5. The summed E-state index contributed by atoms with van der Waals surface area (Å²) < 4.78 is 20.9. The van der Waals surface area contributed by atoms with Gasteiger partial charge in [-0.25, -0.2) is 0 Å². The second-order valence-electron chi connectivity index (χ2n) is 3.68. The van der Waals surface area contributed by atoms with E-state index >= 15 is 0 Å². The van der Waals surface area contributed by atoms with Gasteiger partial charge < -0.3 is 24.1 Å². The third-order valence-corrected chi connectivity index (χ3v) is 2.30. The van der Waals surface area contributed by atoms with Gasteiger partial charge in [0.15, 0.2) is 11.5 Å². The topological polar surface area (TPSA) is 57.2 Å². The normalized spacial score (nSPS) is 11.5. The molecule has 1 aromatic rings. The fraction of sp³-hybridized carbons (Fsp3) is 0.429. The molecule has 0 aliphatic carbocycles. The van der Waals surface area contributed by atoms with Crippen LogP contribution >= 0.6 is 0 Å². The molecule has 0 radical (unpaired) electrons. The number of benzene rings is 1. The lowest BCUT2D eigenvalue weighted by Crippen LogP contribution is -2.23. The summed E-state index contributed by atoms with van der Waals surface area (Å²) in [6.45, 7) is 0.331. The summed E-state index contributed by atoms with van der Waals surface area (Å²) in [4.78, 5) is 0. The van der Waals surface area contributed by atoms with Crippen molar-refractivity contribution in [3.63, 3.8) is 0 Å². The van der Waals surface area contributed by atoms with Crippen LogP contribution in [0.25, 0.3) is 0 Å². The highest BCUT2D eigenvalue weighted by molar-refractivity contribution is 5.51. The number of hydrogen-bond acceptors (Lipinski definition) is 5. The molecule has 19 heavy (non-hydrogen) atoms. The van der Waals surface area contributed by atoms with E-state index in [4.69, 9.17) is 25.4 Å². The van der Waals surface area contributed by atoms with Crippen molar-refractivity contribution in [1.29, 1.82) is 0 Å². The number of ether oxygens (including phenoxy) is 4. The van der Waals surface area contributed by atoms with Crippen molar-refractivity contribution in [1.82, 2.24) is 0 Å². The molecule has 0 aliphatic heterocycles. The Kier molecular flexibility index (Phi) is 6.58. The minimum Gasteiger partial charge on any atom is -0.493 e. The van der Waals surface area contributed by atoms with Gasteiger partial charge >= 0.3 is 0 Å². The molecule has 0 aromatic heterocycles. The maximum atomic E-state index is 9.66. The van der Waals surface area contributed by atoms with Crippen molar-refractivity contribution in [3.05, 3.63) is 18.2 Å². The number of hydrogen-bond donors (Lipinski definition) is 1. The van der Waals surface area contributed by atoms with Crippen LogP contribution in [0.15, 0.2) is 18.2 Å². The first-order chi connectivity index (χ1) is 9.22. The highest BCUT2D eigenvalue weighted by Crippen LogP contribution is 2.36. The van der Waals surface area contributed by atoms with E-state index in [2.05, 4.69) is 5.92 Å². The summed E-state index contributed by atoms with van der Waals surface area (Å²) in [6.07, 6.45) is 4.26. The van der Waals surface area contributed by atoms with Gasteiger partial charge in [-0.15, -0.1) is 6.42 Å². The molecular weight excluding hydrogens is 248 g/mol. The van der Waals surface area contributed by atoms with E-state index in [1.807, 2.05) is 0 Å². The van der Waals surface area contributed by atoms with Crippen molar-refractivity contribution in [2.45, 2.75) is 6.10 Å². The molecule has 0 heterocycles. The van der Waals surface area contributed by atoms with Crippen molar-refractivity contribution in [3.8, 4) is 29.6 Å². The number of methoxy groups -OCH3 is 2. The lowest BCUT2D eigenvalue weighted by Gasteiger charge is -2.16. The third kappa shape index (κ3) is 4.70. The van der Waals surface area contributed by atoms with Crippen LogP contribution in [0.1, 0.15) is 0 Å².